The van der Waals surface area contributed by atoms with Crippen LogP contribution in [0.15, 0.2) is 12.2 Å². The van der Waals surface area contributed by atoms with E-state index >= 15 is 0 Å². The maximum atomic E-state index is 11.3. The first-order chi connectivity index (χ1) is 6.16. The van der Waals surface area contributed by atoms with Gasteiger partial charge in [0.15, 0.2) is 0 Å². The molecule has 82 valence electrons. The second kappa shape index (κ2) is 4.60. The van der Waals surface area contributed by atoms with Gasteiger partial charge in [0.05, 0.1) is 5.60 Å². The molecular weight excluding hydrogens is 180 g/mol. The van der Waals surface area contributed by atoms with Crippen molar-refractivity contribution >= 4 is 5.97 Å². The number of aliphatic hydroxyl groups is 1. The molecule has 1 unspecified atom stereocenters. The van der Waals surface area contributed by atoms with E-state index in [1.807, 2.05) is 13.8 Å². The molecule has 3 heteroatoms. The van der Waals surface area contributed by atoms with Crippen molar-refractivity contribution in [2.45, 2.75) is 46.3 Å². The highest BCUT2D eigenvalue weighted by atomic mass is 16.6. The summed E-state index contributed by atoms with van der Waals surface area (Å²) in [6.07, 6.45) is -0.508. The normalized spacial score (nSPS) is 13.9. The maximum Gasteiger partial charge on any atom is 0.333 e. The third-order valence-electron chi connectivity index (χ3n) is 1.88. The van der Waals surface area contributed by atoms with E-state index in [0.717, 1.165) is 0 Å². The molecular formula is C11H20O3. The molecule has 0 aromatic carbocycles. The first-order valence-corrected chi connectivity index (χ1v) is 4.75. The van der Waals surface area contributed by atoms with Gasteiger partial charge in [0, 0.05) is 5.57 Å². The molecule has 0 amide bonds. The van der Waals surface area contributed by atoms with Crippen LogP contribution >= 0.6 is 0 Å². The quantitative estimate of drug-likeness (QED) is 0.557. The minimum atomic E-state index is -1.03. The van der Waals surface area contributed by atoms with Crippen molar-refractivity contribution in [3.63, 3.8) is 0 Å². The summed E-state index contributed by atoms with van der Waals surface area (Å²) in [6, 6.07) is 0. The number of rotatable bonds is 4. The molecule has 0 saturated heterocycles. The van der Waals surface area contributed by atoms with Crippen molar-refractivity contribution in [3.8, 4) is 0 Å². The van der Waals surface area contributed by atoms with E-state index in [1.54, 1.807) is 20.8 Å². The predicted molar refractivity (Wildman–Crippen MR) is 55.8 cm³/mol. The average molecular weight is 200 g/mol. The van der Waals surface area contributed by atoms with Gasteiger partial charge in [-0.15, -0.1) is 0 Å². The van der Waals surface area contributed by atoms with Crippen LogP contribution in [-0.4, -0.2) is 22.8 Å². The lowest BCUT2D eigenvalue weighted by atomic mass is 9.92. The Labute approximate surface area is 85.8 Å². The zero-order valence-corrected chi connectivity index (χ0v) is 9.63. The molecule has 0 aliphatic carbocycles. The van der Waals surface area contributed by atoms with E-state index in [1.165, 1.54) is 0 Å². The number of esters is 1. The van der Waals surface area contributed by atoms with Gasteiger partial charge in [-0.25, -0.2) is 4.79 Å². The molecule has 0 aliphatic rings. The van der Waals surface area contributed by atoms with Crippen LogP contribution in [0.4, 0.5) is 0 Å². The predicted octanol–water partition coefficient (Wildman–Crippen LogP) is 1.90. The van der Waals surface area contributed by atoms with Gasteiger partial charge < -0.3 is 9.84 Å². The Hall–Kier alpha value is -0.830. The topological polar surface area (TPSA) is 46.5 Å². The molecule has 0 bridgehead atoms. The minimum Gasteiger partial charge on any atom is -0.456 e. The lowest BCUT2D eigenvalue weighted by molar-refractivity contribution is -0.162. The summed E-state index contributed by atoms with van der Waals surface area (Å²) in [4.78, 5) is 11.3. The van der Waals surface area contributed by atoms with Gasteiger partial charge in [0.2, 0.25) is 0 Å². The lowest BCUT2D eigenvalue weighted by Gasteiger charge is -2.31. The van der Waals surface area contributed by atoms with Gasteiger partial charge in [-0.1, -0.05) is 20.4 Å². The van der Waals surface area contributed by atoms with E-state index in [4.69, 9.17) is 4.74 Å². The molecule has 0 fully saturated rings. The summed E-state index contributed by atoms with van der Waals surface area (Å²) in [5.41, 5.74) is -0.681. The smallest absolute Gasteiger partial charge is 0.333 e. The van der Waals surface area contributed by atoms with Crippen LogP contribution in [-0.2, 0) is 9.53 Å². The van der Waals surface area contributed by atoms with E-state index in [9.17, 15) is 9.90 Å². The van der Waals surface area contributed by atoms with Crippen LogP contribution < -0.4 is 0 Å². The highest BCUT2D eigenvalue weighted by Gasteiger charge is 2.33. The second-order valence-corrected chi connectivity index (χ2v) is 4.50. The van der Waals surface area contributed by atoms with Gasteiger partial charge in [-0.2, -0.15) is 0 Å². The van der Waals surface area contributed by atoms with E-state index in [0.29, 0.717) is 5.57 Å². The van der Waals surface area contributed by atoms with E-state index in [2.05, 4.69) is 6.58 Å². The fourth-order valence-electron chi connectivity index (χ4n) is 1.31. The summed E-state index contributed by atoms with van der Waals surface area (Å²) in [7, 11) is 0. The Morgan fingerprint density at radius 1 is 1.43 bits per heavy atom. The van der Waals surface area contributed by atoms with E-state index < -0.39 is 17.7 Å². The third kappa shape index (κ3) is 3.92. The van der Waals surface area contributed by atoms with Crippen molar-refractivity contribution < 1.29 is 14.6 Å². The van der Waals surface area contributed by atoms with Gasteiger partial charge >= 0.3 is 5.97 Å². The maximum absolute atomic E-state index is 11.3. The average Bonchev–Trinajstić information content (AvgIpc) is 1.96. The number of hydrogen-bond donors (Lipinski definition) is 1. The Morgan fingerprint density at radius 3 is 2.07 bits per heavy atom. The lowest BCUT2D eigenvalue weighted by Crippen LogP contribution is -2.43. The minimum absolute atomic E-state index is 0.0679. The van der Waals surface area contributed by atoms with Crippen LogP contribution in [0.25, 0.3) is 0 Å². The molecule has 14 heavy (non-hydrogen) atoms. The summed E-state index contributed by atoms with van der Waals surface area (Å²) in [5.74, 6) is -0.385. The summed E-state index contributed by atoms with van der Waals surface area (Å²) >= 11 is 0. The van der Waals surface area contributed by atoms with Crippen LogP contribution in [0, 0.1) is 5.92 Å². The second-order valence-electron chi connectivity index (χ2n) is 4.50. The molecule has 0 aromatic heterocycles. The Kier molecular flexibility index (Phi) is 4.33. The molecule has 0 radical (unpaired) electrons. The first kappa shape index (κ1) is 13.2. The SMILES string of the molecule is C=C(C)C(=O)OC(C(C)C)C(C)(C)O. The summed E-state index contributed by atoms with van der Waals surface area (Å²) in [6.45, 7) is 12.1. The van der Waals surface area contributed by atoms with Crippen molar-refractivity contribution in [1.29, 1.82) is 0 Å². The van der Waals surface area contributed by atoms with Crippen LogP contribution in [0.1, 0.15) is 34.6 Å². The molecule has 0 aromatic rings. The number of carbonyl (C=O) groups excluding carboxylic acids is 1. The third-order valence-corrected chi connectivity index (χ3v) is 1.88. The molecule has 0 aliphatic heterocycles. The van der Waals surface area contributed by atoms with Crippen molar-refractivity contribution in [3.05, 3.63) is 12.2 Å². The highest BCUT2D eigenvalue weighted by Crippen LogP contribution is 2.21. The summed E-state index contributed by atoms with van der Waals surface area (Å²) < 4.78 is 5.15. The fourth-order valence-corrected chi connectivity index (χ4v) is 1.31. The molecule has 3 nitrogen and oxygen atoms in total. The Bertz CT molecular complexity index is 223. The van der Waals surface area contributed by atoms with E-state index in [-0.39, 0.29) is 5.92 Å². The van der Waals surface area contributed by atoms with Gasteiger partial charge in [0.1, 0.15) is 6.10 Å². The van der Waals surface area contributed by atoms with Crippen LogP contribution in [0.3, 0.4) is 0 Å². The zero-order valence-electron chi connectivity index (χ0n) is 9.63. The largest absolute Gasteiger partial charge is 0.456 e. The van der Waals surface area contributed by atoms with Crippen LogP contribution in [0.2, 0.25) is 0 Å². The Morgan fingerprint density at radius 2 is 1.86 bits per heavy atom. The van der Waals surface area contributed by atoms with Crippen molar-refractivity contribution in [2.75, 3.05) is 0 Å². The first-order valence-electron chi connectivity index (χ1n) is 4.75. The molecule has 0 saturated carbocycles. The van der Waals surface area contributed by atoms with Gasteiger partial charge in [0.25, 0.3) is 0 Å². The molecule has 1 atom stereocenters. The highest BCUT2D eigenvalue weighted by molar-refractivity contribution is 5.87. The monoisotopic (exact) mass is 200 g/mol. The molecule has 0 spiro atoms. The van der Waals surface area contributed by atoms with Crippen LogP contribution in [0.5, 0.6) is 0 Å². The Balaban J connectivity index is 4.56. The van der Waals surface area contributed by atoms with Gasteiger partial charge in [-0.05, 0) is 26.7 Å². The van der Waals surface area contributed by atoms with Gasteiger partial charge in [-0.3, -0.25) is 0 Å². The molecule has 1 N–H and O–H groups in total. The fraction of sp³-hybridized carbons (Fsp3) is 0.727. The number of ether oxygens (including phenoxy) is 1. The standard InChI is InChI=1S/C11H20O3/c1-7(2)9(11(5,6)13)14-10(12)8(3)4/h7,9,13H,3H2,1-2,4-6H3. The summed E-state index contributed by atoms with van der Waals surface area (Å²) in [5, 5.41) is 9.77. The van der Waals surface area contributed by atoms with Crippen molar-refractivity contribution in [1.82, 2.24) is 0 Å². The van der Waals surface area contributed by atoms with Crippen molar-refractivity contribution in [2.24, 2.45) is 5.92 Å². The number of hydrogen-bond acceptors (Lipinski definition) is 3. The molecule has 0 rings (SSSR count). The zero-order chi connectivity index (χ0) is 11.5. The number of carbonyl (C=O) groups is 1. The molecule has 0 heterocycles.